The Morgan fingerprint density at radius 2 is 1.35 bits per heavy atom. The van der Waals surface area contributed by atoms with Gasteiger partial charge in [0, 0.05) is 68.5 Å². The van der Waals surface area contributed by atoms with Crippen molar-refractivity contribution in [1.82, 2.24) is 18.7 Å². The summed E-state index contributed by atoms with van der Waals surface area (Å²) in [7, 11) is 0. The van der Waals surface area contributed by atoms with E-state index in [9.17, 15) is 0 Å². The van der Waals surface area contributed by atoms with Crippen molar-refractivity contribution in [3.05, 3.63) is 175 Å². The van der Waals surface area contributed by atoms with Crippen LogP contribution in [0.15, 0.2) is 140 Å². The molecule has 0 bridgehead atoms. The van der Waals surface area contributed by atoms with Crippen molar-refractivity contribution in [3.8, 4) is 28.4 Å². The topological polar surface area (TPSA) is 27.1 Å². The number of rotatable bonds is 8. The van der Waals surface area contributed by atoms with Crippen LogP contribution in [0.4, 0.5) is 22.7 Å². The third-order valence-electron chi connectivity index (χ3n) is 13.9. The molecule has 0 amide bonds. The second-order valence-corrected chi connectivity index (χ2v) is 20.0. The van der Waals surface area contributed by atoms with E-state index in [1.165, 1.54) is 39.3 Å². The number of hydrogen-bond acceptors (Lipinski definition) is 2. The summed E-state index contributed by atoms with van der Waals surface area (Å²) >= 11 is 0. The van der Waals surface area contributed by atoms with Gasteiger partial charge in [-0.3, -0.25) is 0 Å². The van der Waals surface area contributed by atoms with Crippen molar-refractivity contribution < 1.29 is 25.8 Å². The van der Waals surface area contributed by atoms with Crippen molar-refractivity contribution in [3.63, 3.8) is 0 Å². The summed E-state index contributed by atoms with van der Waals surface area (Å²) in [5.74, 6) is 2.47. The summed E-state index contributed by atoms with van der Waals surface area (Å²) in [6.45, 7) is 25.4. The van der Waals surface area contributed by atoms with E-state index in [1.807, 2.05) is 12.3 Å². The number of para-hydroxylation sites is 3. The molecule has 2 aliphatic rings. The van der Waals surface area contributed by atoms with Gasteiger partial charge < -0.3 is 9.30 Å². The van der Waals surface area contributed by atoms with Crippen molar-refractivity contribution in [2.75, 3.05) is 0 Å². The number of aromatic nitrogens is 2. The van der Waals surface area contributed by atoms with E-state index in [1.54, 1.807) is 0 Å². The molecule has 4 heterocycles. The zero-order valence-electron chi connectivity index (χ0n) is 37.4. The van der Waals surface area contributed by atoms with Gasteiger partial charge in [-0.2, -0.15) is 10.7 Å². The first kappa shape index (κ1) is 42.0. The van der Waals surface area contributed by atoms with Crippen LogP contribution in [-0.2, 0) is 31.9 Å². The fourth-order valence-electron chi connectivity index (χ4n) is 9.45. The minimum atomic E-state index is -0.0419. The van der Waals surface area contributed by atoms with Gasteiger partial charge in [-0.05, 0) is 68.0 Å². The number of hydrogen-bond donors (Lipinski definition) is 0. The summed E-state index contributed by atoms with van der Waals surface area (Å²) in [6.07, 6.45) is 1.92. The maximum atomic E-state index is 6.99. The first-order chi connectivity index (χ1) is 29.0. The second-order valence-electron chi connectivity index (χ2n) is 20.0. The zero-order valence-corrected chi connectivity index (χ0v) is 39.7. The molecule has 2 aliphatic heterocycles. The van der Waals surface area contributed by atoms with Crippen LogP contribution in [-0.4, -0.2) is 9.55 Å². The number of fused-ring (bicyclic) bond motifs is 7. The number of benzene rings is 6. The fraction of sp³-hybridized carbons (Fsp3) is 0.250. The van der Waals surface area contributed by atoms with Crippen LogP contribution in [0.3, 0.4) is 0 Å². The Morgan fingerprint density at radius 3 is 2.10 bits per heavy atom. The molecule has 0 radical (unpaired) electrons. The third-order valence-corrected chi connectivity index (χ3v) is 13.9. The van der Waals surface area contributed by atoms with Crippen molar-refractivity contribution >= 4 is 44.6 Å². The van der Waals surface area contributed by atoms with Gasteiger partial charge >= 0.3 is 0 Å². The van der Waals surface area contributed by atoms with Gasteiger partial charge in [0.15, 0.2) is 12.4 Å². The molecule has 0 N–H and O–H groups in total. The van der Waals surface area contributed by atoms with Crippen LogP contribution in [0.5, 0.6) is 11.5 Å². The van der Waals surface area contributed by atoms with E-state index in [0.29, 0.717) is 26.6 Å². The minimum Gasteiger partial charge on any atom is -0.509 e. The van der Waals surface area contributed by atoms with Crippen molar-refractivity contribution in [1.29, 1.82) is 0 Å². The van der Waals surface area contributed by atoms with E-state index < -0.39 is 0 Å². The molecular formula is C56H55N4OPt-. The summed E-state index contributed by atoms with van der Waals surface area (Å²) < 4.78 is 10.3. The summed E-state index contributed by atoms with van der Waals surface area (Å²) in [5.41, 5.74) is 13.0. The zero-order chi connectivity index (χ0) is 42.7. The molecule has 1 unspecified atom stereocenters. The van der Waals surface area contributed by atoms with Gasteiger partial charge in [0.25, 0.3) is 0 Å². The monoisotopic (exact) mass is 994 g/mol. The molecule has 2 aromatic heterocycles. The predicted molar refractivity (Wildman–Crippen MR) is 254 cm³/mol. The molecule has 62 heavy (non-hydrogen) atoms. The molecule has 6 aromatic carbocycles. The second kappa shape index (κ2) is 14.6. The van der Waals surface area contributed by atoms with Crippen LogP contribution in [0.1, 0.15) is 91.8 Å². The van der Waals surface area contributed by atoms with Gasteiger partial charge in [-0.25, -0.2) is 9.58 Å². The Kier molecular flexibility index (Phi) is 9.91. The summed E-state index contributed by atoms with van der Waals surface area (Å²) in [6, 6.07) is 56.0. The van der Waals surface area contributed by atoms with Crippen LogP contribution in [0.25, 0.3) is 38.8 Å². The first-order valence-corrected chi connectivity index (χ1v) is 21.7. The van der Waals surface area contributed by atoms with E-state index in [2.05, 4.69) is 220 Å². The van der Waals surface area contributed by atoms with Crippen LogP contribution >= 0.6 is 0 Å². The average Bonchev–Trinajstić information content (AvgIpc) is 3.73. The van der Waals surface area contributed by atoms with Gasteiger partial charge in [0.05, 0.1) is 5.69 Å². The Labute approximate surface area is 382 Å². The molecule has 0 saturated carbocycles. The van der Waals surface area contributed by atoms with Crippen molar-refractivity contribution in [2.45, 2.75) is 86.0 Å². The van der Waals surface area contributed by atoms with Gasteiger partial charge in [0.2, 0.25) is 11.4 Å². The van der Waals surface area contributed by atoms with Crippen LogP contribution in [0, 0.1) is 24.2 Å². The molecule has 0 aliphatic carbocycles. The van der Waals surface area contributed by atoms with Gasteiger partial charge in [-0.1, -0.05) is 154 Å². The first-order valence-electron chi connectivity index (χ1n) is 21.7. The minimum absolute atomic E-state index is 0. The molecule has 6 heteroatoms. The van der Waals surface area contributed by atoms with Gasteiger partial charge in [-0.15, -0.1) is 29.1 Å². The Balaban J connectivity index is 0.00000490. The predicted octanol–water partition coefficient (Wildman–Crippen LogP) is 15.3. The molecule has 8 aromatic rings. The standard InChI is InChI=1S/C56H55N4O.Pt/c1-37(2)45-20-11-12-21-46(45)38-30-42(60-36-59(60,51-24-15-16-25-52(51)60)41-19-17-18-40(32-41)56(9,10)55(6,7)8)34-44(31-38)61-43-26-27-48-47-22-13-14-23-49(47)58(50(48)35-43)53-33-39(28-29-57-53)54(3,4)5;/h11-33,36-37H,1-10H3;/q-1;/t59-,60?;/m0./s1. The quantitative estimate of drug-likeness (QED) is 0.0862. The SMILES string of the molecule is CC(C)c1ccccc1-c1cc(Oc2[c-]c3c(cc2)c2ccccc2n3-c2cc(C(C)(C)C)ccn2)[c-]c([N+]23[CH-][N@+]2(c2cccc(C(C)(C)C(C)(C)C)c2)c2ccccc23)c1.[Pt]. The summed E-state index contributed by atoms with van der Waals surface area (Å²) in [5, 5.41) is 2.25. The van der Waals surface area contributed by atoms with Crippen molar-refractivity contribution in [2.24, 2.45) is 5.41 Å². The third kappa shape index (κ3) is 6.26. The maximum Gasteiger partial charge on any atom is 0.225 e. The number of quaternary nitrogens is 2. The average molecular weight is 995 g/mol. The van der Waals surface area contributed by atoms with Crippen LogP contribution in [0.2, 0.25) is 0 Å². The number of pyridine rings is 1. The largest absolute Gasteiger partial charge is 0.509 e. The van der Waals surface area contributed by atoms with Crippen LogP contribution < -0.4 is 13.9 Å². The molecular weight excluding hydrogens is 940 g/mol. The maximum absolute atomic E-state index is 6.99. The molecule has 5 nitrogen and oxygen atoms in total. The molecule has 1 fully saturated rings. The Bertz CT molecular complexity index is 3040. The van der Waals surface area contributed by atoms with E-state index in [4.69, 9.17) is 9.72 Å². The van der Waals surface area contributed by atoms with E-state index >= 15 is 0 Å². The fourth-order valence-corrected chi connectivity index (χ4v) is 9.45. The Morgan fingerprint density at radius 1 is 0.645 bits per heavy atom. The van der Waals surface area contributed by atoms with E-state index in [0.717, 1.165) is 38.9 Å². The molecule has 2 atom stereocenters. The van der Waals surface area contributed by atoms with E-state index in [-0.39, 0.29) is 37.3 Å². The normalized spacial score (nSPS) is 18.2. The number of ether oxygens (including phenoxy) is 1. The molecule has 10 rings (SSSR count). The van der Waals surface area contributed by atoms with Gasteiger partial charge in [0.1, 0.15) is 5.82 Å². The number of nitrogens with zero attached hydrogens (tertiary/aromatic N) is 4. The molecule has 0 spiro atoms. The Hall–Kier alpha value is -5.32. The molecule has 1 saturated heterocycles. The molecule has 316 valence electrons. The summed E-state index contributed by atoms with van der Waals surface area (Å²) in [4.78, 5) is 4.91. The smallest absolute Gasteiger partial charge is 0.225 e.